The van der Waals surface area contributed by atoms with Gasteiger partial charge < -0.3 is 5.32 Å². The fourth-order valence-corrected chi connectivity index (χ4v) is 1.90. The number of hydrogen-bond acceptors (Lipinski definition) is 6. The summed E-state index contributed by atoms with van der Waals surface area (Å²) in [6.45, 7) is 1.98. The van der Waals surface area contributed by atoms with Crippen LogP contribution in [0.15, 0.2) is 42.1 Å². The number of hydrogen-bond donors (Lipinski definition) is 1. The molecule has 0 atom stereocenters. The Morgan fingerprint density at radius 2 is 1.82 bits per heavy atom. The number of rotatable bonds is 4. The number of aryl methyl sites for hydroxylation is 1. The Labute approximate surface area is 127 Å². The molecule has 0 bridgehead atoms. The number of anilines is 1. The molecule has 0 aliphatic rings. The van der Waals surface area contributed by atoms with Crippen LogP contribution in [-0.4, -0.2) is 14.8 Å². The molecule has 7 heteroatoms. The van der Waals surface area contributed by atoms with E-state index in [0.717, 1.165) is 17.7 Å². The molecule has 0 fully saturated rings. The Morgan fingerprint density at radius 1 is 1.14 bits per heavy atom. The maximum Gasteiger partial charge on any atom is 0.163 e. The van der Waals surface area contributed by atoms with Crippen molar-refractivity contribution in [2.75, 3.05) is 5.32 Å². The molecule has 1 N–H and O–H groups in total. The molecule has 0 unspecified atom stereocenters. The minimum Gasteiger partial charge on any atom is -0.345 e. The molecule has 0 radical (unpaired) electrons. The molecule has 2 rings (SSSR count). The molecule has 7 nitrogen and oxygen atoms in total. The van der Waals surface area contributed by atoms with Crippen LogP contribution in [0.1, 0.15) is 12.5 Å². The van der Waals surface area contributed by atoms with E-state index in [9.17, 15) is 0 Å². The maximum absolute atomic E-state index is 9.14. The lowest BCUT2D eigenvalue weighted by atomic mass is 10.1. The predicted molar refractivity (Wildman–Crippen MR) is 78.2 cm³/mol. The highest BCUT2D eigenvalue weighted by Gasteiger charge is 2.10. The average molecular weight is 289 g/mol. The highest BCUT2D eigenvalue weighted by Crippen LogP contribution is 2.23. The first-order chi connectivity index (χ1) is 10.7. The van der Waals surface area contributed by atoms with Crippen LogP contribution in [0.4, 0.5) is 5.69 Å². The Kier molecular flexibility index (Phi) is 4.49. The lowest BCUT2D eigenvalue weighted by Crippen LogP contribution is -2.04. The van der Waals surface area contributed by atoms with Gasteiger partial charge in [0.05, 0.1) is 5.69 Å². The second-order valence-electron chi connectivity index (χ2n) is 4.27. The van der Waals surface area contributed by atoms with Gasteiger partial charge in [-0.15, -0.1) is 10.2 Å². The summed E-state index contributed by atoms with van der Waals surface area (Å²) in [6.07, 6.45) is 3.85. The molecular weight excluding hydrogens is 278 g/mol. The molecule has 1 aromatic carbocycles. The third-order valence-electron chi connectivity index (χ3n) is 3.04. The van der Waals surface area contributed by atoms with Gasteiger partial charge in [0.25, 0.3) is 0 Å². The zero-order valence-corrected chi connectivity index (χ0v) is 11.8. The Morgan fingerprint density at radius 3 is 2.36 bits per heavy atom. The van der Waals surface area contributed by atoms with Crippen LogP contribution < -0.4 is 5.32 Å². The standard InChI is InChI=1S/C15H11N7/c1-2-11-3-4-13(22-9-19-20-10-22)5-14(11)21-15(8-18)12(6-16)7-17/h3-5,9-10,21H,2H2,1H3. The van der Waals surface area contributed by atoms with Crippen molar-refractivity contribution in [2.45, 2.75) is 13.3 Å². The molecule has 22 heavy (non-hydrogen) atoms. The van der Waals surface area contributed by atoms with Gasteiger partial charge in [-0.3, -0.25) is 4.57 Å². The van der Waals surface area contributed by atoms with Crippen LogP contribution in [0.5, 0.6) is 0 Å². The van der Waals surface area contributed by atoms with Gasteiger partial charge in [-0.1, -0.05) is 13.0 Å². The largest absolute Gasteiger partial charge is 0.345 e. The number of allylic oxidation sites excluding steroid dienone is 2. The van der Waals surface area contributed by atoms with Crippen LogP contribution in [0, 0.1) is 34.0 Å². The first-order valence-electron chi connectivity index (χ1n) is 6.43. The Bertz CT molecular complexity index is 810. The van der Waals surface area contributed by atoms with Crippen molar-refractivity contribution in [1.29, 1.82) is 15.8 Å². The average Bonchev–Trinajstić information content (AvgIpc) is 3.09. The third kappa shape index (κ3) is 2.92. The highest BCUT2D eigenvalue weighted by atomic mass is 15.2. The summed E-state index contributed by atoms with van der Waals surface area (Å²) in [7, 11) is 0. The summed E-state index contributed by atoms with van der Waals surface area (Å²) in [6, 6.07) is 10.9. The topological polar surface area (TPSA) is 114 Å². The summed E-state index contributed by atoms with van der Waals surface area (Å²) < 4.78 is 1.72. The fraction of sp³-hybridized carbons (Fsp3) is 0.133. The zero-order valence-electron chi connectivity index (χ0n) is 11.8. The zero-order chi connectivity index (χ0) is 15.9. The smallest absolute Gasteiger partial charge is 0.163 e. The molecule has 0 aliphatic heterocycles. The SMILES string of the molecule is CCc1ccc(-n2cnnc2)cc1NC(C#N)=C(C#N)C#N. The van der Waals surface area contributed by atoms with Crippen molar-refractivity contribution in [2.24, 2.45) is 0 Å². The fourth-order valence-electron chi connectivity index (χ4n) is 1.90. The summed E-state index contributed by atoms with van der Waals surface area (Å²) in [5.41, 5.74) is 2.10. The summed E-state index contributed by atoms with van der Waals surface area (Å²) >= 11 is 0. The summed E-state index contributed by atoms with van der Waals surface area (Å²) in [5.74, 6) is 0. The molecule has 1 aromatic heterocycles. The van der Waals surface area contributed by atoms with Crippen molar-refractivity contribution in [1.82, 2.24) is 14.8 Å². The number of nitriles is 3. The number of aromatic nitrogens is 3. The number of benzene rings is 1. The van der Waals surface area contributed by atoms with Crippen molar-refractivity contribution in [3.05, 3.63) is 47.7 Å². The van der Waals surface area contributed by atoms with Crippen LogP contribution in [0.25, 0.3) is 5.69 Å². The first-order valence-corrected chi connectivity index (χ1v) is 6.43. The molecule has 1 heterocycles. The van der Waals surface area contributed by atoms with Crippen LogP contribution >= 0.6 is 0 Å². The second-order valence-corrected chi connectivity index (χ2v) is 4.27. The summed E-state index contributed by atoms with van der Waals surface area (Å²) in [4.78, 5) is 0. The van der Waals surface area contributed by atoms with E-state index in [1.165, 1.54) is 0 Å². The monoisotopic (exact) mass is 289 g/mol. The molecular formula is C15H11N7. The van der Waals surface area contributed by atoms with Gasteiger partial charge >= 0.3 is 0 Å². The van der Waals surface area contributed by atoms with E-state index < -0.39 is 0 Å². The first kappa shape index (κ1) is 14.8. The molecule has 2 aromatic rings. The van der Waals surface area contributed by atoms with E-state index in [2.05, 4.69) is 15.5 Å². The van der Waals surface area contributed by atoms with Crippen molar-refractivity contribution in [3.8, 4) is 23.9 Å². The molecule has 0 spiro atoms. The van der Waals surface area contributed by atoms with E-state index in [0.29, 0.717) is 5.69 Å². The van der Waals surface area contributed by atoms with Gasteiger partial charge in [-0.25, -0.2) is 0 Å². The quantitative estimate of drug-likeness (QED) is 0.861. The Hall–Kier alpha value is -3.63. The molecule has 0 aliphatic carbocycles. The maximum atomic E-state index is 9.14. The van der Waals surface area contributed by atoms with E-state index in [-0.39, 0.29) is 11.3 Å². The van der Waals surface area contributed by atoms with E-state index in [1.54, 1.807) is 29.4 Å². The van der Waals surface area contributed by atoms with Gasteiger partial charge in [0.15, 0.2) is 5.57 Å². The Balaban J connectivity index is 2.48. The van der Waals surface area contributed by atoms with Gasteiger partial charge in [0.2, 0.25) is 0 Å². The summed E-state index contributed by atoms with van der Waals surface area (Å²) in [5, 5.41) is 37.3. The second kappa shape index (κ2) is 6.69. The normalized spacial score (nSPS) is 9.18. The lowest BCUT2D eigenvalue weighted by molar-refractivity contribution is 1.05. The minimum atomic E-state index is -0.251. The molecule has 0 amide bonds. The predicted octanol–water partition coefficient (Wildman–Crippen LogP) is 2.07. The van der Waals surface area contributed by atoms with Gasteiger partial charge in [0, 0.05) is 5.69 Å². The molecule has 0 saturated carbocycles. The van der Waals surface area contributed by atoms with E-state index >= 15 is 0 Å². The lowest BCUT2D eigenvalue weighted by Gasteiger charge is -2.12. The van der Waals surface area contributed by atoms with Crippen LogP contribution in [0.3, 0.4) is 0 Å². The minimum absolute atomic E-state index is 0.0689. The molecule has 106 valence electrons. The van der Waals surface area contributed by atoms with E-state index in [4.69, 9.17) is 15.8 Å². The number of nitrogens with one attached hydrogen (secondary N) is 1. The third-order valence-corrected chi connectivity index (χ3v) is 3.04. The van der Waals surface area contributed by atoms with E-state index in [1.807, 2.05) is 31.2 Å². The van der Waals surface area contributed by atoms with Gasteiger partial charge in [0.1, 0.15) is 36.6 Å². The highest BCUT2D eigenvalue weighted by molar-refractivity contribution is 5.64. The number of nitrogens with zero attached hydrogens (tertiary/aromatic N) is 6. The van der Waals surface area contributed by atoms with Crippen molar-refractivity contribution < 1.29 is 0 Å². The van der Waals surface area contributed by atoms with Crippen molar-refractivity contribution >= 4 is 5.69 Å². The molecule has 0 saturated heterocycles. The van der Waals surface area contributed by atoms with Gasteiger partial charge in [-0.05, 0) is 24.1 Å². The van der Waals surface area contributed by atoms with Gasteiger partial charge in [-0.2, -0.15) is 15.8 Å². The van der Waals surface area contributed by atoms with Crippen LogP contribution in [0.2, 0.25) is 0 Å². The van der Waals surface area contributed by atoms with Crippen molar-refractivity contribution in [3.63, 3.8) is 0 Å². The van der Waals surface area contributed by atoms with Crippen LogP contribution in [-0.2, 0) is 6.42 Å².